The molecule has 1 N–H and O–H groups in total. The minimum absolute atomic E-state index is 0.105. The van der Waals surface area contributed by atoms with Gasteiger partial charge in [-0.1, -0.05) is 17.7 Å². The Morgan fingerprint density at radius 2 is 1.81 bits per heavy atom. The molecule has 7 heteroatoms. The Morgan fingerprint density at radius 1 is 1.19 bits per heavy atom. The van der Waals surface area contributed by atoms with E-state index in [1.807, 2.05) is 32.9 Å². The third kappa shape index (κ3) is 4.30. The normalized spacial score (nSPS) is 10.3. The fraction of sp³-hybridized carbons (Fsp3) is 0.316. The van der Waals surface area contributed by atoms with Gasteiger partial charge in [-0.15, -0.1) is 0 Å². The number of carbonyl (C=O) groups excluding carboxylic acids is 1. The van der Waals surface area contributed by atoms with Gasteiger partial charge in [-0.05, 0) is 38.0 Å². The van der Waals surface area contributed by atoms with Crippen LogP contribution in [0.5, 0.6) is 5.75 Å². The number of benzene rings is 2. The Balaban J connectivity index is 2.13. The number of anilines is 2. The molecule has 0 radical (unpaired) electrons. The predicted octanol–water partition coefficient (Wildman–Crippen LogP) is 3.60. The Bertz CT molecular complexity index is 826. The van der Waals surface area contributed by atoms with Gasteiger partial charge in [-0.25, -0.2) is 0 Å². The lowest BCUT2D eigenvalue weighted by Gasteiger charge is -2.20. The summed E-state index contributed by atoms with van der Waals surface area (Å²) in [6.45, 7) is 6.04. The Kier molecular flexibility index (Phi) is 5.82. The molecule has 0 saturated heterocycles. The Hall–Kier alpha value is -3.09. The van der Waals surface area contributed by atoms with Crippen LogP contribution in [-0.2, 0) is 4.79 Å². The summed E-state index contributed by atoms with van der Waals surface area (Å²) >= 11 is 0. The van der Waals surface area contributed by atoms with Gasteiger partial charge >= 0.3 is 5.69 Å². The van der Waals surface area contributed by atoms with Crippen LogP contribution in [0.3, 0.4) is 0 Å². The first kappa shape index (κ1) is 19.2. The van der Waals surface area contributed by atoms with Crippen LogP contribution < -0.4 is 15.0 Å². The van der Waals surface area contributed by atoms with Gasteiger partial charge in [0.05, 0.1) is 18.6 Å². The first-order valence-electron chi connectivity index (χ1n) is 8.14. The topological polar surface area (TPSA) is 84.7 Å². The van der Waals surface area contributed by atoms with Crippen LogP contribution in [-0.4, -0.2) is 31.5 Å². The van der Waals surface area contributed by atoms with E-state index in [9.17, 15) is 14.9 Å². The number of nitro groups is 1. The number of likely N-dealkylation sites (N-methyl/N-ethyl adjacent to an activating group) is 1. The van der Waals surface area contributed by atoms with E-state index in [0.717, 1.165) is 22.4 Å². The van der Waals surface area contributed by atoms with Crippen molar-refractivity contribution < 1.29 is 14.5 Å². The number of rotatable bonds is 6. The van der Waals surface area contributed by atoms with Gasteiger partial charge in [0, 0.05) is 30.6 Å². The standard InChI is InChI=1S/C19H23N3O4/c1-12-8-13(2)19(14(3)9-12)20-18(23)11-21(4)15-6-7-16(22(24)25)17(10-15)26-5/h6-10H,11H2,1-5H3,(H,20,23). The second-order valence-corrected chi connectivity index (χ2v) is 6.29. The van der Waals surface area contributed by atoms with Gasteiger partial charge in [0.2, 0.25) is 5.91 Å². The van der Waals surface area contributed by atoms with Crippen molar-refractivity contribution in [2.24, 2.45) is 0 Å². The van der Waals surface area contributed by atoms with Crippen LogP contribution in [0.2, 0.25) is 0 Å². The molecular weight excluding hydrogens is 334 g/mol. The number of ether oxygens (including phenoxy) is 1. The molecule has 138 valence electrons. The van der Waals surface area contributed by atoms with E-state index in [0.29, 0.717) is 5.69 Å². The Morgan fingerprint density at radius 3 is 2.35 bits per heavy atom. The van der Waals surface area contributed by atoms with E-state index in [1.165, 1.54) is 13.2 Å². The first-order valence-corrected chi connectivity index (χ1v) is 8.14. The SMILES string of the molecule is COc1cc(N(C)CC(=O)Nc2c(C)cc(C)cc2C)ccc1[N+](=O)[O-]. The number of nitro benzene ring substituents is 1. The van der Waals surface area contributed by atoms with Crippen LogP contribution in [0.25, 0.3) is 0 Å². The number of hydrogen-bond donors (Lipinski definition) is 1. The molecule has 0 spiro atoms. The summed E-state index contributed by atoms with van der Waals surface area (Å²) in [4.78, 5) is 24.6. The quantitative estimate of drug-likeness (QED) is 0.631. The van der Waals surface area contributed by atoms with Crippen molar-refractivity contribution in [3.8, 4) is 5.75 Å². The van der Waals surface area contributed by atoms with E-state index in [4.69, 9.17) is 4.74 Å². The fourth-order valence-corrected chi connectivity index (χ4v) is 2.92. The molecule has 0 saturated carbocycles. The average Bonchev–Trinajstić information content (AvgIpc) is 2.57. The van der Waals surface area contributed by atoms with Crippen LogP contribution >= 0.6 is 0 Å². The zero-order valence-corrected chi connectivity index (χ0v) is 15.6. The number of nitrogens with zero attached hydrogens (tertiary/aromatic N) is 2. The molecule has 7 nitrogen and oxygen atoms in total. The van der Waals surface area contributed by atoms with E-state index >= 15 is 0 Å². The van der Waals surface area contributed by atoms with Crippen molar-refractivity contribution in [2.45, 2.75) is 20.8 Å². The third-order valence-corrected chi connectivity index (χ3v) is 4.12. The highest BCUT2D eigenvalue weighted by molar-refractivity contribution is 5.95. The molecule has 0 fully saturated rings. The molecule has 2 aromatic carbocycles. The maximum Gasteiger partial charge on any atom is 0.311 e. The lowest BCUT2D eigenvalue weighted by molar-refractivity contribution is -0.385. The van der Waals surface area contributed by atoms with Crippen molar-refractivity contribution in [3.63, 3.8) is 0 Å². The number of hydrogen-bond acceptors (Lipinski definition) is 5. The molecule has 2 rings (SSSR count). The van der Waals surface area contributed by atoms with E-state index in [-0.39, 0.29) is 23.9 Å². The minimum Gasteiger partial charge on any atom is -0.490 e. The van der Waals surface area contributed by atoms with Gasteiger partial charge in [0.1, 0.15) is 0 Å². The molecule has 26 heavy (non-hydrogen) atoms. The molecule has 0 aromatic heterocycles. The summed E-state index contributed by atoms with van der Waals surface area (Å²) in [5.41, 5.74) is 4.52. The van der Waals surface area contributed by atoms with Crippen LogP contribution in [0.15, 0.2) is 30.3 Å². The van der Waals surface area contributed by atoms with E-state index < -0.39 is 4.92 Å². The summed E-state index contributed by atoms with van der Waals surface area (Å²) in [6.07, 6.45) is 0. The molecule has 0 aliphatic rings. The molecule has 0 aliphatic carbocycles. The average molecular weight is 357 g/mol. The lowest BCUT2D eigenvalue weighted by atomic mass is 10.1. The Labute approximate surface area is 152 Å². The highest BCUT2D eigenvalue weighted by Gasteiger charge is 2.17. The number of methoxy groups -OCH3 is 1. The van der Waals surface area contributed by atoms with Gasteiger partial charge in [-0.2, -0.15) is 0 Å². The number of amides is 1. The zero-order chi connectivity index (χ0) is 19.4. The van der Waals surface area contributed by atoms with Crippen molar-refractivity contribution in [3.05, 3.63) is 57.1 Å². The highest BCUT2D eigenvalue weighted by atomic mass is 16.6. The minimum atomic E-state index is -0.502. The van der Waals surface area contributed by atoms with Crippen LogP contribution in [0.1, 0.15) is 16.7 Å². The molecule has 0 bridgehead atoms. The molecule has 0 aliphatic heterocycles. The maximum absolute atomic E-state index is 12.4. The second-order valence-electron chi connectivity index (χ2n) is 6.29. The van der Waals surface area contributed by atoms with Crippen molar-refractivity contribution in [1.29, 1.82) is 0 Å². The van der Waals surface area contributed by atoms with Crippen LogP contribution in [0.4, 0.5) is 17.1 Å². The smallest absolute Gasteiger partial charge is 0.311 e. The summed E-state index contributed by atoms with van der Waals surface area (Å²) in [6, 6.07) is 8.56. The van der Waals surface area contributed by atoms with Gasteiger partial charge in [-0.3, -0.25) is 14.9 Å². The third-order valence-electron chi connectivity index (χ3n) is 4.12. The monoisotopic (exact) mass is 357 g/mol. The van der Waals surface area contributed by atoms with Gasteiger partial charge < -0.3 is 15.0 Å². The van der Waals surface area contributed by atoms with Crippen molar-refractivity contribution >= 4 is 23.0 Å². The molecule has 2 aromatic rings. The molecule has 0 heterocycles. The number of aryl methyl sites for hydroxylation is 3. The van der Waals surface area contributed by atoms with Gasteiger partial charge in [0.15, 0.2) is 5.75 Å². The lowest BCUT2D eigenvalue weighted by Crippen LogP contribution is -2.30. The largest absolute Gasteiger partial charge is 0.490 e. The predicted molar refractivity (Wildman–Crippen MR) is 102 cm³/mol. The summed E-state index contributed by atoms with van der Waals surface area (Å²) in [7, 11) is 3.12. The molecule has 0 unspecified atom stereocenters. The first-order chi connectivity index (χ1) is 12.2. The fourth-order valence-electron chi connectivity index (χ4n) is 2.92. The highest BCUT2D eigenvalue weighted by Crippen LogP contribution is 2.31. The molecule has 0 atom stereocenters. The number of carbonyl (C=O) groups is 1. The maximum atomic E-state index is 12.4. The van der Waals surface area contributed by atoms with E-state index in [1.54, 1.807) is 24.1 Å². The zero-order valence-electron chi connectivity index (χ0n) is 15.6. The second kappa shape index (κ2) is 7.86. The summed E-state index contributed by atoms with van der Waals surface area (Å²) < 4.78 is 5.07. The van der Waals surface area contributed by atoms with E-state index in [2.05, 4.69) is 5.32 Å². The van der Waals surface area contributed by atoms with Crippen molar-refractivity contribution in [1.82, 2.24) is 0 Å². The van der Waals surface area contributed by atoms with Crippen LogP contribution in [0, 0.1) is 30.9 Å². The summed E-state index contributed by atoms with van der Waals surface area (Å²) in [5.74, 6) is -0.00939. The summed E-state index contributed by atoms with van der Waals surface area (Å²) in [5, 5.41) is 13.9. The number of nitrogens with one attached hydrogen (secondary N) is 1. The van der Waals surface area contributed by atoms with Crippen molar-refractivity contribution in [2.75, 3.05) is 30.9 Å². The molecular formula is C19H23N3O4. The molecule has 1 amide bonds. The van der Waals surface area contributed by atoms with Gasteiger partial charge in [0.25, 0.3) is 0 Å².